The van der Waals surface area contributed by atoms with Crippen LogP contribution in [-0.2, 0) is 10.0 Å². The summed E-state index contributed by atoms with van der Waals surface area (Å²) in [6.45, 7) is 5.65. The summed E-state index contributed by atoms with van der Waals surface area (Å²) in [4.78, 5) is 12.5. The van der Waals surface area contributed by atoms with Gasteiger partial charge in [0.2, 0.25) is 10.0 Å². The van der Waals surface area contributed by atoms with Crippen LogP contribution < -0.4 is 10.5 Å². The summed E-state index contributed by atoms with van der Waals surface area (Å²) in [5.41, 5.74) is 1.78. The predicted octanol–water partition coefficient (Wildman–Crippen LogP) is 2.01. The molecule has 21 heavy (non-hydrogen) atoms. The van der Waals surface area contributed by atoms with Crippen LogP contribution in [0.3, 0.4) is 0 Å². The number of carbonyl (C=O) groups is 1. The number of aryl methyl sites for hydroxylation is 1. The predicted molar refractivity (Wildman–Crippen MR) is 81.6 cm³/mol. The van der Waals surface area contributed by atoms with Crippen LogP contribution in [-0.4, -0.2) is 19.9 Å². The van der Waals surface area contributed by atoms with Crippen LogP contribution in [0.5, 0.6) is 0 Å². The van der Waals surface area contributed by atoms with Crippen molar-refractivity contribution in [3.8, 4) is 0 Å². The number of nitrogens with one attached hydrogen (secondary N) is 1. The fraction of sp³-hybridized carbons (Fsp3) is 0.533. The molecule has 0 atom stereocenters. The quantitative estimate of drug-likeness (QED) is 0.891. The molecule has 3 N–H and O–H groups in total. The van der Waals surface area contributed by atoms with Gasteiger partial charge in [0.15, 0.2) is 0 Å². The number of benzene rings is 1. The van der Waals surface area contributed by atoms with Crippen LogP contribution in [0.4, 0.5) is 0 Å². The van der Waals surface area contributed by atoms with Crippen LogP contribution in [0, 0.1) is 13.8 Å². The van der Waals surface area contributed by atoms with E-state index in [1.54, 1.807) is 6.92 Å². The summed E-state index contributed by atoms with van der Waals surface area (Å²) < 4.78 is 23.1. The Balaban J connectivity index is 2.39. The lowest BCUT2D eigenvalue weighted by Crippen LogP contribution is -2.53. The van der Waals surface area contributed by atoms with E-state index >= 15 is 0 Å². The maximum absolute atomic E-state index is 12.5. The van der Waals surface area contributed by atoms with Gasteiger partial charge in [0.25, 0.3) is 5.91 Å². The van der Waals surface area contributed by atoms with Gasteiger partial charge in [-0.05, 0) is 62.8 Å². The molecule has 1 aliphatic rings. The van der Waals surface area contributed by atoms with Crippen molar-refractivity contribution in [2.45, 2.75) is 56.9 Å². The molecular weight excluding hydrogens is 288 g/mol. The molecule has 116 valence electrons. The molecule has 0 saturated heterocycles. The number of hydrogen-bond acceptors (Lipinski definition) is 3. The first kappa shape index (κ1) is 16.0. The maximum atomic E-state index is 12.5. The molecule has 1 aromatic carbocycles. The molecule has 2 rings (SSSR count). The molecule has 0 aromatic heterocycles. The van der Waals surface area contributed by atoms with Crippen molar-refractivity contribution in [1.29, 1.82) is 0 Å². The Hall–Kier alpha value is -1.40. The fourth-order valence-corrected chi connectivity index (χ4v) is 3.33. The first-order chi connectivity index (χ1) is 9.68. The Labute approximate surface area is 126 Å². The minimum atomic E-state index is -3.82. The second-order valence-electron chi connectivity index (χ2n) is 5.90. The minimum absolute atomic E-state index is 0.0186. The summed E-state index contributed by atoms with van der Waals surface area (Å²) in [6, 6.07) is 2.87. The van der Waals surface area contributed by atoms with Gasteiger partial charge in [-0.2, -0.15) is 0 Å². The molecule has 0 spiro atoms. The van der Waals surface area contributed by atoms with Crippen molar-refractivity contribution in [2.75, 3.05) is 0 Å². The summed E-state index contributed by atoms with van der Waals surface area (Å²) in [5, 5.41) is 8.24. The molecule has 0 aliphatic heterocycles. The van der Waals surface area contributed by atoms with Gasteiger partial charge in [0.1, 0.15) is 0 Å². The highest BCUT2D eigenvalue weighted by Crippen LogP contribution is 2.35. The van der Waals surface area contributed by atoms with E-state index in [0.717, 1.165) is 36.8 Å². The number of rotatable bonds is 4. The molecule has 1 aromatic rings. The van der Waals surface area contributed by atoms with Crippen molar-refractivity contribution in [3.63, 3.8) is 0 Å². The van der Waals surface area contributed by atoms with Crippen molar-refractivity contribution in [2.24, 2.45) is 5.14 Å². The number of primary sulfonamides is 1. The molecule has 5 nitrogen and oxygen atoms in total. The molecular formula is C15H22N2O3S. The number of hydrogen-bond donors (Lipinski definition) is 2. The normalized spacial score (nSPS) is 17.1. The van der Waals surface area contributed by atoms with Crippen molar-refractivity contribution >= 4 is 15.9 Å². The average Bonchev–Trinajstić information content (AvgIpc) is 2.35. The number of nitrogens with two attached hydrogens (primary N) is 1. The van der Waals surface area contributed by atoms with E-state index in [-0.39, 0.29) is 16.3 Å². The zero-order valence-corrected chi connectivity index (χ0v) is 13.5. The summed E-state index contributed by atoms with van der Waals surface area (Å²) in [6.07, 6.45) is 3.94. The summed E-state index contributed by atoms with van der Waals surface area (Å²) >= 11 is 0. The number of carbonyl (C=O) groups excluding carboxylic acids is 1. The van der Waals surface area contributed by atoms with Crippen molar-refractivity contribution in [1.82, 2.24) is 5.32 Å². The molecule has 1 aliphatic carbocycles. The van der Waals surface area contributed by atoms with Gasteiger partial charge in [0, 0.05) is 11.1 Å². The SMILES string of the molecule is CCC1(NC(=O)c2cc(S(N)(=O)=O)cc(C)c2C)CCC1. The lowest BCUT2D eigenvalue weighted by atomic mass is 9.74. The Morgan fingerprint density at radius 3 is 2.38 bits per heavy atom. The van der Waals surface area contributed by atoms with E-state index in [4.69, 9.17) is 5.14 Å². The third-order valence-corrected chi connectivity index (χ3v) is 5.47. The standard InChI is InChI=1S/C15H22N2O3S/c1-4-15(6-5-7-15)17-14(18)13-9-12(21(16,19)20)8-10(2)11(13)3/h8-9H,4-7H2,1-3H3,(H,17,18)(H2,16,19,20). The third kappa shape index (κ3) is 3.11. The molecule has 1 saturated carbocycles. The Kier molecular flexibility index (Phi) is 4.13. The highest BCUT2D eigenvalue weighted by atomic mass is 32.2. The molecule has 0 bridgehead atoms. The molecule has 6 heteroatoms. The van der Waals surface area contributed by atoms with E-state index in [1.165, 1.54) is 12.1 Å². The number of amides is 1. The lowest BCUT2D eigenvalue weighted by Gasteiger charge is -2.42. The van der Waals surface area contributed by atoms with Crippen LogP contribution in [0.1, 0.15) is 54.1 Å². The zero-order valence-electron chi connectivity index (χ0n) is 12.7. The van der Waals surface area contributed by atoms with Gasteiger partial charge < -0.3 is 5.32 Å². The Morgan fingerprint density at radius 2 is 1.95 bits per heavy atom. The van der Waals surface area contributed by atoms with E-state index in [2.05, 4.69) is 12.2 Å². The van der Waals surface area contributed by atoms with E-state index in [1.807, 2.05) is 6.92 Å². The second kappa shape index (κ2) is 5.42. The van der Waals surface area contributed by atoms with Crippen LogP contribution in [0.15, 0.2) is 17.0 Å². The Bertz CT molecular complexity index is 671. The molecule has 0 heterocycles. The maximum Gasteiger partial charge on any atom is 0.252 e. The average molecular weight is 310 g/mol. The zero-order chi connectivity index (χ0) is 15.8. The van der Waals surface area contributed by atoms with Gasteiger partial charge in [-0.25, -0.2) is 13.6 Å². The van der Waals surface area contributed by atoms with Crippen LogP contribution in [0.25, 0.3) is 0 Å². The van der Waals surface area contributed by atoms with E-state index in [9.17, 15) is 13.2 Å². The highest BCUT2D eigenvalue weighted by molar-refractivity contribution is 7.89. The van der Waals surface area contributed by atoms with Gasteiger partial charge in [-0.15, -0.1) is 0 Å². The van der Waals surface area contributed by atoms with Crippen LogP contribution >= 0.6 is 0 Å². The second-order valence-corrected chi connectivity index (χ2v) is 7.46. The molecule has 0 unspecified atom stereocenters. The first-order valence-corrected chi connectivity index (χ1v) is 8.70. The lowest BCUT2D eigenvalue weighted by molar-refractivity contribution is 0.0819. The van der Waals surface area contributed by atoms with Gasteiger partial charge in [-0.3, -0.25) is 4.79 Å². The topological polar surface area (TPSA) is 89.3 Å². The highest BCUT2D eigenvalue weighted by Gasteiger charge is 2.37. The van der Waals surface area contributed by atoms with Gasteiger partial charge >= 0.3 is 0 Å². The van der Waals surface area contributed by atoms with Gasteiger partial charge in [-0.1, -0.05) is 6.92 Å². The minimum Gasteiger partial charge on any atom is -0.347 e. The Morgan fingerprint density at radius 1 is 1.33 bits per heavy atom. The fourth-order valence-electron chi connectivity index (χ4n) is 2.71. The summed E-state index contributed by atoms with van der Waals surface area (Å²) in [5.74, 6) is -0.220. The van der Waals surface area contributed by atoms with E-state index < -0.39 is 10.0 Å². The molecule has 0 radical (unpaired) electrons. The monoisotopic (exact) mass is 310 g/mol. The smallest absolute Gasteiger partial charge is 0.252 e. The third-order valence-electron chi connectivity index (χ3n) is 4.58. The number of sulfonamides is 1. The molecule has 1 fully saturated rings. The first-order valence-electron chi connectivity index (χ1n) is 7.15. The van der Waals surface area contributed by atoms with E-state index in [0.29, 0.717) is 5.56 Å². The largest absolute Gasteiger partial charge is 0.347 e. The van der Waals surface area contributed by atoms with Crippen molar-refractivity contribution in [3.05, 3.63) is 28.8 Å². The van der Waals surface area contributed by atoms with Crippen LogP contribution in [0.2, 0.25) is 0 Å². The van der Waals surface area contributed by atoms with Gasteiger partial charge in [0.05, 0.1) is 4.90 Å². The van der Waals surface area contributed by atoms with Crippen molar-refractivity contribution < 1.29 is 13.2 Å². The molecule has 1 amide bonds. The summed E-state index contributed by atoms with van der Waals surface area (Å²) in [7, 11) is -3.82.